The maximum atomic E-state index is 14.4. The minimum atomic E-state index is -6.38. The van der Waals surface area contributed by atoms with Crippen LogP contribution in [0.3, 0.4) is 0 Å². The minimum Gasteiger partial charge on any atom is -0.462 e. The lowest BCUT2D eigenvalue weighted by Crippen LogP contribution is -2.62. The van der Waals surface area contributed by atoms with E-state index in [4.69, 9.17) is 19.7 Å². The molecule has 0 aliphatic heterocycles. The first-order valence-electron chi connectivity index (χ1n) is 13.7. The average Bonchev–Trinajstić information content (AvgIpc) is 2.91. The fourth-order valence-electron chi connectivity index (χ4n) is 3.78. The first-order valence-corrected chi connectivity index (χ1v) is 13.7. The SMILES string of the molecule is C=C(C)C(=O)OCC(CCCC(F)(F)C(F)(F)C(F)(F)C(F)(F)CCCCCCC)COC(=O)C(=C)CC(CO)CO. The average molecular weight is 627 g/mol. The third-order valence-electron chi connectivity index (χ3n) is 6.60. The number of halogens is 8. The van der Waals surface area contributed by atoms with Crippen molar-refractivity contribution < 1.29 is 64.4 Å². The summed E-state index contributed by atoms with van der Waals surface area (Å²) in [6.07, 6.45) is -3.92. The lowest BCUT2D eigenvalue weighted by atomic mass is 9.91. The minimum absolute atomic E-state index is 0.0436. The lowest BCUT2D eigenvalue weighted by molar-refractivity contribution is -0.368. The van der Waals surface area contributed by atoms with Crippen LogP contribution in [-0.4, -0.2) is 72.3 Å². The van der Waals surface area contributed by atoms with Crippen molar-refractivity contribution in [3.05, 3.63) is 24.3 Å². The Labute approximate surface area is 241 Å². The zero-order valence-electron chi connectivity index (χ0n) is 24.0. The van der Waals surface area contributed by atoms with Gasteiger partial charge in [-0.25, -0.2) is 9.59 Å². The van der Waals surface area contributed by atoms with E-state index in [2.05, 4.69) is 13.2 Å². The van der Waals surface area contributed by atoms with E-state index in [1.807, 2.05) is 0 Å². The summed E-state index contributed by atoms with van der Waals surface area (Å²) in [6.45, 7) is 7.80. The number of alkyl halides is 8. The van der Waals surface area contributed by atoms with Gasteiger partial charge in [-0.1, -0.05) is 45.8 Å². The summed E-state index contributed by atoms with van der Waals surface area (Å²) in [5.41, 5.74) is -0.210. The number of rotatable bonds is 23. The summed E-state index contributed by atoms with van der Waals surface area (Å²) in [5, 5.41) is 18.2. The number of aliphatic hydroxyl groups excluding tert-OH is 2. The summed E-state index contributed by atoms with van der Waals surface area (Å²) in [5.74, 6) is -27.3. The van der Waals surface area contributed by atoms with Crippen molar-refractivity contribution in [1.29, 1.82) is 0 Å². The van der Waals surface area contributed by atoms with Crippen LogP contribution in [0, 0.1) is 11.8 Å². The van der Waals surface area contributed by atoms with Crippen molar-refractivity contribution in [1.82, 2.24) is 0 Å². The highest BCUT2D eigenvalue weighted by Gasteiger charge is 2.79. The molecule has 0 heterocycles. The first kappa shape index (κ1) is 39.8. The summed E-state index contributed by atoms with van der Waals surface area (Å²) in [7, 11) is 0. The van der Waals surface area contributed by atoms with E-state index in [0.717, 1.165) is 0 Å². The Morgan fingerprint density at radius 1 is 0.714 bits per heavy atom. The monoisotopic (exact) mass is 626 g/mol. The lowest BCUT2D eigenvalue weighted by Gasteiger charge is -2.37. The molecule has 0 amide bonds. The summed E-state index contributed by atoms with van der Waals surface area (Å²) in [4.78, 5) is 23.9. The number of esters is 2. The predicted molar refractivity (Wildman–Crippen MR) is 139 cm³/mol. The fourth-order valence-corrected chi connectivity index (χ4v) is 3.78. The van der Waals surface area contributed by atoms with Crippen LogP contribution in [0.4, 0.5) is 35.1 Å². The second-order valence-corrected chi connectivity index (χ2v) is 10.5. The van der Waals surface area contributed by atoms with Crippen molar-refractivity contribution in [2.75, 3.05) is 26.4 Å². The number of hydrogen-bond donors (Lipinski definition) is 2. The van der Waals surface area contributed by atoms with Gasteiger partial charge in [-0.2, -0.15) is 35.1 Å². The molecule has 0 rings (SSSR count). The molecule has 0 aromatic heterocycles. The van der Waals surface area contributed by atoms with Crippen LogP contribution in [0.5, 0.6) is 0 Å². The number of ether oxygens (including phenoxy) is 2. The molecule has 0 fully saturated rings. The van der Waals surface area contributed by atoms with Gasteiger partial charge in [0.1, 0.15) is 0 Å². The number of hydrogen-bond acceptors (Lipinski definition) is 6. The normalized spacial score (nSPS) is 13.6. The third kappa shape index (κ3) is 11.8. The molecular weight excluding hydrogens is 584 g/mol. The van der Waals surface area contributed by atoms with E-state index >= 15 is 0 Å². The second kappa shape index (κ2) is 17.8. The molecule has 246 valence electrons. The highest BCUT2D eigenvalue weighted by molar-refractivity contribution is 5.88. The molecule has 14 heteroatoms. The van der Waals surface area contributed by atoms with Gasteiger partial charge in [0.05, 0.1) is 13.2 Å². The molecule has 1 unspecified atom stereocenters. The molecule has 0 radical (unpaired) electrons. The van der Waals surface area contributed by atoms with Gasteiger partial charge in [0, 0.05) is 49.0 Å². The smallest absolute Gasteiger partial charge is 0.378 e. The van der Waals surface area contributed by atoms with Gasteiger partial charge in [0.25, 0.3) is 0 Å². The highest BCUT2D eigenvalue weighted by Crippen LogP contribution is 2.55. The Morgan fingerprint density at radius 2 is 1.17 bits per heavy atom. The molecule has 0 spiro atoms. The van der Waals surface area contributed by atoms with Gasteiger partial charge >= 0.3 is 35.6 Å². The quantitative estimate of drug-likeness (QED) is 0.0556. The van der Waals surface area contributed by atoms with Gasteiger partial charge in [0.2, 0.25) is 0 Å². The largest absolute Gasteiger partial charge is 0.462 e. The van der Waals surface area contributed by atoms with Crippen molar-refractivity contribution in [3.8, 4) is 0 Å². The standard InChI is InChI=1S/C28H42F8O6/c1-5-6-7-8-9-12-25(29,30)27(33,34)28(35,36)26(31,32)13-10-11-21(17-41-23(39)19(2)3)18-42-24(40)20(4)14-22(15-37)16-38/h21-22,37-38H,2,4-18H2,1,3H3. The molecule has 0 aromatic rings. The number of unbranched alkanes of at least 4 members (excludes halogenated alkanes) is 4. The Kier molecular flexibility index (Phi) is 16.8. The van der Waals surface area contributed by atoms with Gasteiger partial charge in [-0.05, 0) is 32.6 Å². The van der Waals surface area contributed by atoms with Crippen molar-refractivity contribution in [2.24, 2.45) is 11.8 Å². The van der Waals surface area contributed by atoms with Crippen LogP contribution in [0.25, 0.3) is 0 Å². The van der Waals surface area contributed by atoms with E-state index in [-0.39, 0.29) is 24.0 Å². The van der Waals surface area contributed by atoms with E-state index in [1.165, 1.54) is 6.92 Å². The van der Waals surface area contributed by atoms with Gasteiger partial charge in [-0.3, -0.25) is 0 Å². The van der Waals surface area contributed by atoms with E-state index in [9.17, 15) is 44.7 Å². The summed E-state index contributed by atoms with van der Waals surface area (Å²) >= 11 is 0. The van der Waals surface area contributed by atoms with Gasteiger partial charge in [0.15, 0.2) is 0 Å². The van der Waals surface area contributed by atoms with Gasteiger partial charge < -0.3 is 19.7 Å². The van der Waals surface area contributed by atoms with Crippen LogP contribution in [0.1, 0.15) is 78.1 Å². The van der Waals surface area contributed by atoms with Crippen molar-refractivity contribution in [2.45, 2.75) is 102 Å². The molecule has 1 atom stereocenters. The Balaban J connectivity index is 5.42. The predicted octanol–water partition coefficient (Wildman–Crippen LogP) is 6.88. The molecule has 0 saturated carbocycles. The topological polar surface area (TPSA) is 93.1 Å². The molecule has 0 aromatic carbocycles. The Bertz CT molecular complexity index is 874. The highest BCUT2D eigenvalue weighted by atomic mass is 19.4. The summed E-state index contributed by atoms with van der Waals surface area (Å²) in [6, 6.07) is 0. The maximum Gasteiger partial charge on any atom is 0.378 e. The Hall–Kier alpha value is -2.22. The maximum absolute atomic E-state index is 14.4. The van der Waals surface area contributed by atoms with Crippen molar-refractivity contribution in [3.63, 3.8) is 0 Å². The van der Waals surface area contributed by atoms with Crippen LogP contribution < -0.4 is 0 Å². The Morgan fingerprint density at radius 3 is 1.62 bits per heavy atom. The first-order chi connectivity index (χ1) is 19.3. The number of carbonyl (C=O) groups excluding carboxylic acids is 2. The molecule has 0 saturated heterocycles. The number of carbonyl (C=O) groups is 2. The van der Waals surface area contributed by atoms with Crippen molar-refractivity contribution >= 4 is 11.9 Å². The van der Waals surface area contributed by atoms with Crippen LogP contribution in [0.15, 0.2) is 24.3 Å². The van der Waals surface area contributed by atoms with Gasteiger partial charge in [-0.15, -0.1) is 0 Å². The van der Waals surface area contributed by atoms with Crippen LogP contribution in [0.2, 0.25) is 0 Å². The second-order valence-electron chi connectivity index (χ2n) is 10.5. The molecule has 0 aliphatic carbocycles. The molecule has 2 N–H and O–H groups in total. The van der Waals surface area contributed by atoms with E-state index in [0.29, 0.717) is 19.3 Å². The number of aliphatic hydroxyl groups is 2. The molecular formula is C28H42F8O6. The summed E-state index contributed by atoms with van der Waals surface area (Å²) < 4.78 is 124. The third-order valence-corrected chi connectivity index (χ3v) is 6.60. The zero-order chi connectivity index (χ0) is 32.8. The molecule has 0 aliphatic rings. The van der Waals surface area contributed by atoms with E-state index < -0.39 is 106 Å². The van der Waals surface area contributed by atoms with Crippen LogP contribution >= 0.6 is 0 Å². The van der Waals surface area contributed by atoms with Crippen LogP contribution in [-0.2, 0) is 19.1 Å². The van der Waals surface area contributed by atoms with E-state index in [1.54, 1.807) is 6.92 Å². The molecule has 6 nitrogen and oxygen atoms in total. The molecule has 0 bridgehead atoms. The zero-order valence-corrected chi connectivity index (χ0v) is 24.0. The fraction of sp³-hybridized carbons (Fsp3) is 0.786. The molecule has 42 heavy (non-hydrogen) atoms.